The second-order valence-corrected chi connectivity index (χ2v) is 8.73. The topological polar surface area (TPSA) is 64.0 Å². The van der Waals surface area contributed by atoms with Crippen LogP contribution >= 0.6 is 22.9 Å². The van der Waals surface area contributed by atoms with Gasteiger partial charge in [-0.25, -0.2) is 17.5 Å². The van der Waals surface area contributed by atoms with E-state index in [-0.39, 0.29) is 16.5 Å². The van der Waals surface area contributed by atoms with E-state index in [1.165, 1.54) is 6.07 Å². The molecule has 0 fully saturated rings. The minimum absolute atomic E-state index is 0.0545. The zero-order valence-corrected chi connectivity index (χ0v) is 15.6. The van der Waals surface area contributed by atoms with Crippen LogP contribution < -0.4 is 4.72 Å². The number of rotatable bonds is 6. The summed E-state index contributed by atoms with van der Waals surface area (Å²) in [6.45, 7) is 0.240. The summed E-state index contributed by atoms with van der Waals surface area (Å²) in [5.74, 6) is -0.651. The number of sulfonamides is 1. The van der Waals surface area contributed by atoms with Crippen LogP contribution in [-0.4, -0.2) is 24.7 Å². The van der Waals surface area contributed by atoms with Crippen molar-refractivity contribution < 1.29 is 12.8 Å². The van der Waals surface area contributed by atoms with E-state index in [2.05, 4.69) is 9.82 Å². The first-order chi connectivity index (χ1) is 11.8. The van der Waals surface area contributed by atoms with Gasteiger partial charge in [-0.05, 0) is 36.8 Å². The van der Waals surface area contributed by atoms with Crippen LogP contribution in [0.15, 0.2) is 47.6 Å². The first kappa shape index (κ1) is 18.1. The highest BCUT2D eigenvalue weighted by molar-refractivity contribution is 7.89. The number of aryl methyl sites for hydroxylation is 1. The van der Waals surface area contributed by atoms with Gasteiger partial charge in [-0.3, -0.25) is 4.68 Å². The Morgan fingerprint density at radius 2 is 2.12 bits per heavy atom. The van der Waals surface area contributed by atoms with Gasteiger partial charge < -0.3 is 0 Å². The Hall–Kier alpha value is -1.74. The molecule has 5 nitrogen and oxygen atoms in total. The maximum absolute atomic E-state index is 13.2. The number of nitrogens with one attached hydrogen (secondary N) is 1. The van der Waals surface area contributed by atoms with Crippen LogP contribution in [0.5, 0.6) is 0 Å². The quantitative estimate of drug-likeness (QED) is 0.690. The number of aromatic nitrogens is 2. The lowest BCUT2D eigenvalue weighted by molar-refractivity contribution is 0.581. The minimum Gasteiger partial charge on any atom is -0.275 e. The third kappa shape index (κ3) is 4.27. The zero-order chi connectivity index (χ0) is 18.0. The molecule has 0 atom stereocenters. The van der Waals surface area contributed by atoms with E-state index in [0.29, 0.717) is 6.42 Å². The van der Waals surface area contributed by atoms with Crippen molar-refractivity contribution in [1.29, 1.82) is 0 Å². The SMILES string of the molecule is Cn1cc(-c2ccc(CCNS(=O)(=O)c3ccc(F)c(Cl)c3)s2)cn1. The molecule has 3 rings (SSSR count). The van der Waals surface area contributed by atoms with Crippen molar-refractivity contribution in [3.05, 3.63) is 58.4 Å². The Labute approximate surface area is 154 Å². The summed E-state index contributed by atoms with van der Waals surface area (Å²) in [4.78, 5) is 2.08. The lowest BCUT2D eigenvalue weighted by Gasteiger charge is -2.06. The van der Waals surface area contributed by atoms with Crippen LogP contribution in [0.2, 0.25) is 5.02 Å². The molecule has 0 saturated heterocycles. The summed E-state index contributed by atoms with van der Waals surface area (Å²) in [6.07, 6.45) is 4.27. The highest BCUT2D eigenvalue weighted by Crippen LogP contribution is 2.27. The third-order valence-electron chi connectivity index (χ3n) is 3.52. The van der Waals surface area contributed by atoms with E-state index >= 15 is 0 Å². The summed E-state index contributed by atoms with van der Waals surface area (Å²) in [5.41, 5.74) is 1.03. The minimum atomic E-state index is -3.72. The fourth-order valence-corrected chi connectivity index (χ4v) is 4.54. The molecule has 0 bridgehead atoms. The van der Waals surface area contributed by atoms with E-state index in [9.17, 15) is 12.8 Å². The van der Waals surface area contributed by atoms with E-state index in [0.717, 1.165) is 27.5 Å². The van der Waals surface area contributed by atoms with Crippen LogP contribution in [0.25, 0.3) is 10.4 Å². The standard InChI is InChI=1S/C16H15ClFN3O2S2/c1-21-10-11(9-19-21)16-5-2-12(24-16)6-7-20-25(22,23)13-3-4-15(18)14(17)8-13/h2-5,8-10,20H,6-7H2,1H3. The van der Waals surface area contributed by atoms with Gasteiger partial charge >= 0.3 is 0 Å². The summed E-state index contributed by atoms with van der Waals surface area (Å²) in [6, 6.07) is 7.29. The molecule has 0 spiro atoms. The molecule has 0 aliphatic carbocycles. The maximum Gasteiger partial charge on any atom is 0.240 e. The monoisotopic (exact) mass is 399 g/mol. The number of nitrogens with zero attached hydrogens (tertiary/aromatic N) is 2. The van der Waals surface area contributed by atoms with Gasteiger partial charge in [0.1, 0.15) is 5.82 Å². The number of hydrogen-bond acceptors (Lipinski definition) is 4. The van der Waals surface area contributed by atoms with Crippen LogP contribution in [0.3, 0.4) is 0 Å². The molecule has 0 saturated carbocycles. The van der Waals surface area contributed by atoms with Gasteiger partial charge in [0.2, 0.25) is 10.0 Å². The molecule has 9 heteroatoms. The molecule has 132 valence electrons. The summed E-state index contributed by atoms with van der Waals surface area (Å²) >= 11 is 7.23. The molecular weight excluding hydrogens is 385 g/mol. The summed E-state index contributed by atoms with van der Waals surface area (Å²) < 4.78 is 41.8. The molecule has 3 aromatic rings. The third-order valence-corrected chi connectivity index (χ3v) is 6.46. The average molecular weight is 400 g/mol. The number of benzene rings is 1. The van der Waals surface area contributed by atoms with Crippen LogP contribution in [-0.2, 0) is 23.5 Å². The highest BCUT2D eigenvalue weighted by atomic mass is 35.5. The van der Waals surface area contributed by atoms with Crippen LogP contribution in [0, 0.1) is 5.82 Å². The van der Waals surface area contributed by atoms with Gasteiger partial charge in [-0.15, -0.1) is 11.3 Å². The average Bonchev–Trinajstić information content (AvgIpc) is 3.18. The van der Waals surface area contributed by atoms with Crippen molar-refractivity contribution >= 4 is 33.0 Å². The van der Waals surface area contributed by atoms with Gasteiger partial charge in [0.05, 0.1) is 16.1 Å². The van der Waals surface area contributed by atoms with Gasteiger partial charge in [0, 0.05) is 35.1 Å². The van der Waals surface area contributed by atoms with Crippen LogP contribution in [0.4, 0.5) is 4.39 Å². The molecule has 0 aliphatic rings. The summed E-state index contributed by atoms with van der Waals surface area (Å²) in [5, 5.41) is 3.92. The lowest BCUT2D eigenvalue weighted by Crippen LogP contribution is -2.25. The summed E-state index contributed by atoms with van der Waals surface area (Å²) in [7, 11) is -1.87. The van der Waals surface area contributed by atoms with E-state index in [1.807, 2.05) is 25.4 Å². The maximum atomic E-state index is 13.2. The fourth-order valence-electron chi connectivity index (χ4n) is 2.25. The van der Waals surface area contributed by atoms with E-state index < -0.39 is 15.8 Å². The van der Waals surface area contributed by atoms with Crippen molar-refractivity contribution in [3.8, 4) is 10.4 Å². The molecule has 2 aromatic heterocycles. The Morgan fingerprint density at radius 1 is 1.32 bits per heavy atom. The van der Waals surface area contributed by atoms with Gasteiger partial charge in [-0.1, -0.05) is 11.6 Å². The van der Waals surface area contributed by atoms with Crippen LogP contribution in [0.1, 0.15) is 4.88 Å². The Balaban J connectivity index is 1.62. The molecule has 0 amide bonds. The van der Waals surface area contributed by atoms with E-state index in [4.69, 9.17) is 11.6 Å². The second kappa shape index (κ2) is 7.25. The second-order valence-electron chi connectivity index (χ2n) is 5.39. The molecule has 25 heavy (non-hydrogen) atoms. The molecule has 0 radical (unpaired) electrons. The Kier molecular flexibility index (Phi) is 5.24. The normalized spacial score (nSPS) is 11.8. The fraction of sp³-hybridized carbons (Fsp3) is 0.188. The number of halogens is 2. The zero-order valence-electron chi connectivity index (χ0n) is 13.2. The molecule has 0 aliphatic heterocycles. The van der Waals surface area contributed by atoms with Crippen molar-refractivity contribution in [1.82, 2.24) is 14.5 Å². The van der Waals surface area contributed by atoms with Gasteiger partial charge in [0.15, 0.2) is 0 Å². The van der Waals surface area contributed by atoms with Crippen molar-refractivity contribution in [3.63, 3.8) is 0 Å². The molecule has 2 heterocycles. The molecule has 0 unspecified atom stereocenters. The largest absolute Gasteiger partial charge is 0.275 e. The predicted octanol–water partition coefficient (Wildman–Crippen LogP) is 3.46. The molecular formula is C16H15ClFN3O2S2. The van der Waals surface area contributed by atoms with Crippen molar-refractivity contribution in [2.75, 3.05) is 6.54 Å². The van der Waals surface area contributed by atoms with E-state index in [1.54, 1.807) is 22.2 Å². The molecule has 1 N–H and O–H groups in total. The number of hydrogen-bond donors (Lipinski definition) is 1. The van der Waals surface area contributed by atoms with Crippen molar-refractivity contribution in [2.24, 2.45) is 7.05 Å². The Morgan fingerprint density at radius 3 is 2.80 bits per heavy atom. The molecule has 1 aromatic carbocycles. The smallest absolute Gasteiger partial charge is 0.240 e. The first-order valence-corrected chi connectivity index (χ1v) is 10.1. The highest BCUT2D eigenvalue weighted by Gasteiger charge is 2.15. The van der Waals surface area contributed by atoms with Gasteiger partial charge in [-0.2, -0.15) is 5.10 Å². The number of thiophene rings is 1. The van der Waals surface area contributed by atoms with Crippen molar-refractivity contribution in [2.45, 2.75) is 11.3 Å². The lowest BCUT2D eigenvalue weighted by atomic mass is 10.3. The van der Waals surface area contributed by atoms with Gasteiger partial charge in [0.25, 0.3) is 0 Å². The Bertz CT molecular complexity index is 998. The predicted molar refractivity (Wildman–Crippen MR) is 96.8 cm³/mol. The first-order valence-electron chi connectivity index (χ1n) is 7.37.